The predicted octanol–water partition coefficient (Wildman–Crippen LogP) is 4.81. The van der Waals surface area contributed by atoms with Crippen molar-refractivity contribution >= 4 is 33.3 Å². The Bertz CT molecular complexity index is 643. The highest BCUT2D eigenvalue weighted by atomic mass is 79.9. The molecule has 19 heavy (non-hydrogen) atoms. The standard InChI is InChI=1S/C14H8BrClF2O/c15-11-5-8(1-3-13(11)18)6-14(19)10-7-9(16)2-4-12(10)17/h1-5,7H,6H2. The zero-order valence-corrected chi connectivity index (χ0v) is 11.9. The molecule has 2 aromatic rings. The van der Waals surface area contributed by atoms with Gasteiger partial charge < -0.3 is 0 Å². The number of ketones is 1. The van der Waals surface area contributed by atoms with Crippen LogP contribution in [0.3, 0.4) is 0 Å². The van der Waals surface area contributed by atoms with E-state index in [4.69, 9.17) is 11.6 Å². The second kappa shape index (κ2) is 5.80. The highest BCUT2D eigenvalue weighted by Crippen LogP contribution is 2.20. The smallest absolute Gasteiger partial charge is 0.170 e. The van der Waals surface area contributed by atoms with Crippen LogP contribution in [0, 0.1) is 11.6 Å². The Balaban J connectivity index is 2.25. The minimum Gasteiger partial charge on any atom is -0.294 e. The fourth-order valence-corrected chi connectivity index (χ4v) is 2.24. The summed E-state index contributed by atoms with van der Waals surface area (Å²) in [5.41, 5.74) is 0.533. The monoisotopic (exact) mass is 344 g/mol. The van der Waals surface area contributed by atoms with Gasteiger partial charge in [-0.3, -0.25) is 4.79 Å². The summed E-state index contributed by atoms with van der Waals surface area (Å²) in [7, 11) is 0. The normalized spacial score (nSPS) is 10.5. The summed E-state index contributed by atoms with van der Waals surface area (Å²) in [6, 6.07) is 8.05. The van der Waals surface area contributed by atoms with Crippen molar-refractivity contribution in [2.45, 2.75) is 6.42 Å². The fourth-order valence-electron chi connectivity index (χ4n) is 1.64. The Labute approximate surface area is 122 Å². The third kappa shape index (κ3) is 3.39. The maximum atomic E-state index is 13.5. The first kappa shape index (κ1) is 14.2. The number of halogens is 4. The van der Waals surface area contributed by atoms with Crippen LogP contribution in [-0.4, -0.2) is 5.78 Å². The number of hydrogen-bond donors (Lipinski definition) is 0. The second-order valence-corrected chi connectivity index (χ2v) is 5.26. The van der Waals surface area contributed by atoms with Gasteiger partial charge in [0.2, 0.25) is 0 Å². The van der Waals surface area contributed by atoms with E-state index in [2.05, 4.69) is 15.9 Å². The lowest BCUT2D eigenvalue weighted by Crippen LogP contribution is -2.06. The maximum absolute atomic E-state index is 13.5. The molecule has 5 heteroatoms. The Hall–Kier alpha value is -1.26. The van der Waals surface area contributed by atoms with Gasteiger partial charge in [0.05, 0.1) is 10.0 Å². The van der Waals surface area contributed by atoms with Crippen molar-refractivity contribution in [3.63, 3.8) is 0 Å². The molecule has 0 fully saturated rings. The van der Waals surface area contributed by atoms with Crippen molar-refractivity contribution in [1.29, 1.82) is 0 Å². The topological polar surface area (TPSA) is 17.1 Å². The van der Waals surface area contributed by atoms with Crippen LogP contribution in [0.4, 0.5) is 8.78 Å². The van der Waals surface area contributed by atoms with E-state index in [0.29, 0.717) is 10.6 Å². The molecule has 98 valence electrons. The maximum Gasteiger partial charge on any atom is 0.170 e. The number of carbonyl (C=O) groups is 1. The van der Waals surface area contributed by atoms with Crippen molar-refractivity contribution in [3.05, 3.63) is 68.7 Å². The van der Waals surface area contributed by atoms with Gasteiger partial charge in [-0.25, -0.2) is 8.78 Å². The van der Waals surface area contributed by atoms with Crippen molar-refractivity contribution in [3.8, 4) is 0 Å². The minimum atomic E-state index is -0.615. The van der Waals surface area contributed by atoms with Crippen molar-refractivity contribution in [1.82, 2.24) is 0 Å². The number of benzene rings is 2. The van der Waals surface area contributed by atoms with Crippen LogP contribution < -0.4 is 0 Å². The summed E-state index contributed by atoms with van der Waals surface area (Å²) in [6.07, 6.45) is -0.0177. The van der Waals surface area contributed by atoms with Gasteiger partial charge in [0.15, 0.2) is 5.78 Å². The second-order valence-electron chi connectivity index (χ2n) is 3.97. The first-order valence-electron chi connectivity index (χ1n) is 5.39. The van der Waals surface area contributed by atoms with Crippen LogP contribution in [0.2, 0.25) is 5.02 Å². The van der Waals surface area contributed by atoms with E-state index in [0.717, 1.165) is 6.07 Å². The molecule has 0 heterocycles. The van der Waals surface area contributed by atoms with E-state index in [1.165, 1.54) is 30.3 Å². The molecule has 0 radical (unpaired) electrons. The lowest BCUT2D eigenvalue weighted by atomic mass is 10.0. The Kier molecular flexibility index (Phi) is 4.32. The number of carbonyl (C=O) groups excluding carboxylic acids is 1. The van der Waals surface area contributed by atoms with Crippen LogP contribution in [0.25, 0.3) is 0 Å². The summed E-state index contributed by atoms with van der Waals surface area (Å²) in [6.45, 7) is 0. The molecule has 2 rings (SSSR count). The van der Waals surface area contributed by atoms with Gasteiger partial charge in [-0.1, -0.05) is 17.7 Å². The summed E-state index contributed by atoms with van der Waals surface area (Å²) in [5, 5.41) is 0.296. The first-order chi connectivity index (χ1) is 8.97. The molecule has 2 aromatic carbocycles. The van der Waals surface area contributed by atoms with E-state index in [-0.39, 0.29) is 16.5 Å². The molecular weight excluding hydrogens is 338 g/mol. The van der Waals surface area contributed by atoms with Gasteiger partial charge in [-0.15, -0.1) is 0 Å². The summed E-state index contributed by atoms with van der Waals surface area (Å²) in [4.78, 5) is 12.0. The molecule has 0 aromatic heterocycles. The molecule has 0 atom stereocenters. The van der Waals surface area contributed by atoms with Crippen LogP contribution in [0.15, 0.2) is 40.9 Å². The number of rotatable bonds is 3. The molecule has 0 amide bonds. The third-order valence-electron chi connectivity index (χ3n) is 2.58. The van der Waals surface area contributed by atoms with Crippen molar-refractivity contribution in [2.24, 2.45) is 0 Å². The Morgan fingerprint density at radius 3 is 2.47 bits per heavy atom. The largest absolute Gasteiger partial charge is 0.294 e. The molecule has 0 spiro atoms. The SMILES string of the molecule is O=C(Cc1ccc(F)c(Br)c1)c1cc(Cl)ccc1F. The average Bonchev–Trinajstić information content (AvgIpc) is 2.36. The highest BCUT2D eigenvalue weighted by molar-refractivity contribution is 9.10. The first-order valence-corrected chi connectivity index (χ1v) is 6.56. The summed E-state index contributed by atoms with van der Waals surface area (Å²) in [5.74, 6) is -1.43. The predicted molar refractivity (Wildman–Crippen MR) is 73.5 cm³/mol. The average molecular weight is 346 g/mol. The van der Waals surface area contributed by atoms with Gasteiger partial charge in [0.1, 0.15) is 11.6 Å². The summed E-state index contributed by atoms with van der Waals surface area (Å²) < 4.78 is 26.9. The Morgan fingerprint density at radius 2 is 1.79 bits per heavy atom. The van der Waals surface area contributed by atoms with E-state index in [9.17, 15) is 13.6 Å². The van der Waals surface area contributed by atoms with Crippen LogP contribution in [0.1, 0.15) is 15.9 Å². The van der Waals surface area contributed by atoms with E-state index >= 15 is 0 Å². The molecule has 0 aliphatic rings. The van der Waals surface area contributed by atoms with Crippen LogP contribution >= 0.6 is 27.5 Å². The van der Waals surface area contributed by atoms with Gasteiger partial charge >= 0.3 is 0 Å². The zero-order chi connectivity index (χ0) is 14.0. The molecule has 0 saturated heterocycles. The molecule has 0 unspecified atom stereocenters. The molecule has 0 aliphatic carbocycles. The van der Waals surface area contributed by atoms with Gasteiger partial charge in [-0.2, -0.15) is 0 Å². The van der Waals surface area contributed by atoms with Crippen LogP contribution in [0.5, 0.6) is 0 Å². The van der Waals surface area contributed by atoms with Gasteiger partial charge in [0.25, 0.3) is 0 Å². The lowest BCUT2D eigenvalue weighted by molar-refractivity contribution is 0.0989. The number of Topliss-reactive ketones (excluding diaryl/α,β-unsaturated/α-hetero) is 1. The Morgan fingerprint density at radius 1 is 1.11 bits per heavy atom. The number of hydrogen-bond acceptors (Lipinski definition) is 1. The molecular formula is C14H8BrClF2O. The highest BCUT2D eigenvalue weighted by Gasteiger charge is 2.13. The minimum absolute atomic E-state index is 0.0177. The quantitative estimate of drug-likeness (QED) is 0.730. The molecule has 0 bridgehead atoms. The van der Waals surface area contributed by atoms with Crippen molar-refractivity contribution < 1.29 is 13.6 Å². The van der Waals surface area contributed by atoms with Crippen LogP contribution in [-0.2, 0) is 6.42 Å². The van der Waals surface area contributed by atoms with Gasteiger partial charge in [-0.05, 0) is 51.8 Å². The van der Waals surface area contributed by atoms with Gasteiger partial charge in [0, 0.05) is 11.4 Å². The van der Waals surface area contributed by atoms with E-state index in [1.54, 1.807) is 0 Å². The fraction of sp³-hybridized carbons (Fsp3) is 0.0714. The lowest BCUT2D eigenvalue weighted by Gasteiger charge is -2.04. The third-order valence-corrected chi connectivity index (χ3v) is 3.42. The molecule has 0 N–H and O–H groups in total. The molecule has 1 nitrogen and oxygen atoms in total. The van der Waals surface area contributed by atoms with E-state index in [1.807, 2.05) is 0 Å². The molecule has 0 saturated carbocycles. The van der Waals surface area contributed by atoms with E-state index < -0.39 is 17.4 Å². The summed E-state index contributed by atoms with van der Waals surface area (Å²) >= 11 is 8.77. The molecule has 0 aliphatic heterocycles. The zero-order valence-electron chi connectivity index (χ0n) is 9.59. The van der Waals surface area contributed by atoms with Crippen molar-refractivity contribution in [2.75, 3.05) is 0 Å².